The van der Waals surface area contributed by atoms with Gasteiger partial charge in [-0.15, -0.1) is 0 Å². The van der Waals surface area contributed by atoms with Crippen molar-refractivity contribution < 1.29 is 9.53 Å². The van der Waals surface area contributed by atoms with Gasteiger partial charge in [-0.1, -0.05) is 29.8 Å². The number of methoxy groups -OCH3 is 1. The second-order valence-corrected chi connectivity index (χ2v) is 4.64. The van der Waals surface area contributed by atoms with Crippen molar-refractivity contribution in [1.29, 1.82) is 0 Å². The zero-order chi connectivity index (χ0) is 12.3. The Kier molecular flexibility index (Phi) is 3.79. The molecule has 17 heavy (non-hydrogen) atoms. The monoisotopic (exact) mass is 233 g/mol. The summed E-state index contributed by atoms with van der Waals surface area (Å²) in [5.74, 6) is -0.151. The molecule has 1 heterocycles. The second-order valence-electron chi connectivity index (χ2n) is 4.64. The van der Waals surface area contributed by atoms with E-state index < -0.39 is 0 Å². The van der Waals surface area contributed by atoms with Crippen molar-refractivity contribution in [3.8, 4) is 0 Å². The third-order valence-corrected chi connectivity index (χ3v) is 3.35. The van der Waals surface area contributed by atoms with Crippen molar-refractivity contribution in [2.24, 2.45) is 0 Å². The maximum Gasteiger partial charge on any atom is 0.322 e. The summed E-state index contributed by atoms with van der Waals surface area (Å²) in [5.41, 5.74) is 2.51. The van der Waals surface area contributed by atoms with E-state index in [1.807, 2.05) is 0 Å². The van der Waals surface area contributed by atoms with Gasteiger partial charge in [-0.3, -0.25) is 10.1 Å². The van der Waals surface area contributed by atoms with Crippen molar-refractivity contribution >= 4 is 5.97 Å². The number of rotatable bonds is 2. The fourth-order valence-corrected chi connectivity index (χ4v) is 2.33. The maximum atomic E-state index is 11.5. The first kappa shape index (κ1) is 12.1. The Hall–Kier alpha value is -1.35. The molecule has 1 aliphatic rings. The lowest BCUT2D eigenvalue weighted by atomic mass is 9.93. The molecule has 2 atom stereocenters. The van der Waals surface area contributed by atoms with Crippen LogP contribution in [0, 0.1) is 6.92 Å². The van der Waals surface area contributed by atoms with E-state index in [1.54, 1.807) is 0 Å². The zero-order valence-corrected chi connectivity index (χ0v) is 10.4. The number of aryl methyl sites for hydroxylation is 1. The van der Waals surface area contributed by atoms with Gasteiger partial charge in [-0.2, -0.15) is 0 Å². The van der Waals surface area contributed by atoms with Crippen LogP contribution in [0.25, 0.3) is 0 Å². The molecule has 0 aliphatic carbocycles. The molecule has 2 rings (SSSR count). The first-order chi connectivity index (χ1) is 8.20. The van der Waals surface area contributed by atoms with E-state index in [0.29, 0.717) is 0 Å². The molecule has 0 bridgehead atoms. The minimum absolute atomic E-state index is 0.151. The Morgan fingerprint density at radius 3 is 2.65 bits per heavy atom. The summed E-state index contributed by atoms with van der Waals surface area (Å²) in [6.45, 7) is 2.08. The van der Waals surface area contributed by atoms with Crippen LogP contribution >= 0.6 is 0 Å². The lowest BCUT2D eigenvalue weighted by Crippen LogP contribution is -2.43. The van der Waals surface area contributed by atoms with Crippen molar-refractivity contribution in [3.05, 3.63) is 35.4 Å². The number of hydrogen-bond acceptors (Lipinski definition) is 3. The lowest BCUT2D eigenvalue weighted by Gasteiger charge is -2.29. The molecule has 2 unspecified atom stereocenters. The summed E-state index contributed by atoms with van der Waals surface area (Å²) in [7, 11) is 1.44. The zero-order valence-electron chi connectivity index (χ0n) is 10.4. The number of ether oxygens (including phenoxy) is 1. The largest absolute Gasteiger partial charge is 0.468 e. The first-order valence-corrected chi connectivity index (χ1v) is 6.11. The summed E-state index contributed by atoms with van der Waals surface area (Å²) in [4.78, 5) is 11.5. The van der Waals surface area contributed by atoms with Gasteiger partial charge in [0, 0.05) is 6.04 Å². The van der Waals surface area contributed by atoms with Gasteiger partial charge in [0.05, 0.1) is 7.11 Å². The molecule has 3 nitrogen and oxygen atoms in total. The van der Waals surface area contributed by atoms with Gasteiger partial charge in [0.1, 0.15) is 6.04 Å². The SMILES string of the molecule is COC(=O)C1CCCC(c2ccc(C)cc2)N1. The van der Waals surface area contributed by atoms with E-state index in [-0.39, 0.29) is 18.1 Å². The van der Waals surface area contributed by atoms with E-state index in [1.165, 1.54) is 18.2 Å². The van der Waals surface area contributed by atoms with Gasteiger partial charge in [0.15, 0.2) is 0 Å². The van der Waals surface area contributed by atoms with Crippen LogP contribution in [0.15, 0.2) is 24.3 Å². The van der Waals surface area contributed by atoms with Crippen molar-refractivity contribution in [2.45, 2.75) is 38.3 Å². The molecule has 1 aromatic rings. The van der Waals surface area contributed by atoms with Crippen LogP contribution in [0.1, 0.15) is 36.4 Å². The number of hydrogen-bond donors (Lipinski definition) is 1. The first-order valence-electron chi connectivity index (χ1n) is 6.11. The van der Waals surface area contributed by atoms with Crippen molar-refractivity contribution in [2.75, 3.05) is 7.11 Å². The highest BCUT2D eigenvalue weighted by Gasteiger charge is 2.27. The molecule has 1 aliphatic heterocycles. The Balaban J connectivity index is 2.06. The Labute approximate surface area is 102 Å². The average molecular weight is 233 g/mol. The number of esters is 1. The maximum absolute atomic E-state index is 11.5. The van der Waals surface area contributed by atoms with Crippen LogP contribution in [0.5, 0.6) is 0 Å². The van der Waals surface area contributed by atoms with E-state index in [4.69, 9.17) is 4.74 Å². The molecule has 0 radical (unpaired) electrons. The summed E-state index contributed by atoms with van der Waals surface area (Å²) in [6.07, 6.45) is 3.01. The van der Waals surface area contributed by atoms with Crippen LogP contribution in [0.2, 0.25) is 0 Å². The molecular formula is C14H19NO2. The molecule has 0 aromatic heterocycles. The van der Waals surface area contributed by atoms with Crippen LogP contribution in [-0.2, 0) is 9.53 Å². The normalized spacial score (nSPS) is 24.4. The fourth-order valence-electron chi connectivity index (χ4n) is 2.33. The molecule has 1 N–H and O–H groups in total. The Bertz CT molecular complexity index is 386. The molecule has 1 aromatic carbocycles. The van der Waals surface area contributed by atoms with Crippen LogP contribution in [-0.4, -0.2) is 19.1 Å². The van der Waals surface area contributed by atoms with Gasteiger partial charge >= 0.3 is 5.97 Å². The molecule has 0 saturated carbocycles. The molecule has 0 spiro atoms. The number of benzene rings is 1. The van der Waals surface area contributed by atoms with Crippen LogP contribution in [0.4, 0.5) is 0 Å². The van der Waals surface area contributed by atoms with E-state index in [9.17, 15) is 4.79 Å². The summed E-state index contributed by atoms with van der Waals surface area (Å²) in [6, 6.07) is 8.60. The van der Waals surface area contributed by atoms with Crippen LogP contribution < -0.4 is 5.32 Å². The number of carbonyl (C=O) groups excluding carboxylic acids is 1. The van der Waals surface area contributed by atoms with Gasteiger partial charge in [0.25, 0.3) is 0 Å². The predicted octanol–water partition coefficient (Wildman–Crippen LogP) is 2.35. The number of nitrogens with one attached hydrogen (secondary N) is 1. The quantitative estimate of drug-likeness (QED) is 0.797. The fraction of sp³-hybridized carbons (Fsp3) is 0.500. The van der Waals surface area contributed by atoms with Crippen molar-refractivity contribution in [1.82, 2.24) is 5.32 Å². The topological polar surface area (TPSA) is 38.3 Å². The van der Waals surface area contributed by atoms with Gasteiger partial charge < -0.3 is 4.74 Å². The summed E-state index contributed by atoms with van der Waals surface area (Å²) in [5, 5.41) is 3.37. The highest BCUT2D eigenvalue weighted by atomic mass is 16.5. The number of carbonyl (C=O) groups is 1. The van der Waals surface area contributed by atoms with Crippen molar-refractivity contribution in [3.63, 3.8) is 0 Å². The smallest absolute Gasteiger partial charge is 0.322 e. The highest BCUT2D eigenvalue weighted by Crippen LogP contribution is 2.26. The lowest BCUT2D eigenvalue weighted by molar-refractivity contribution is -0.144. The third kappa shape index (κ3) is 2.86. The molecule has 0 amide bonds. The minimum Gasteiger partial charge on any atom is -0.468 e. The standard InChI is InChI=1S/C14H19NO2/c1-10-6-8-11(9-7-10)12-4-3-5-13(15-12)14(16)17-2/h6-9,12-13,15H,3-5H2,1-2H3. The Morgan fingerprint density at radius 2 is 2.00 bits per heavy atom. The van der Waals surface area contributed by atoms with E-state index >= 15 is 0 Å². The van der Waals surface area contributed by atoms with E-state index in [2.05, 4.69) is 36.5 Å². The minimum atomic E-state index is -0.153. The second kappa shape index (κ2) is 5.32. The third-order valence-electron chi connectivity index (χ3n) is 3.35. The molecule has 1 fully saturated rings. The highest BCUT2D eigenvalue weighted by molar-refractivity contribution is 5.75. The van der Waals surface area contributed by atoms with Gasteiger partial charge in [0.2, 0.25) is 0 Å². The summed E-state index contributed by atoms with van der Waals surface area (Å²) >= 11 is 0. The molecule has 92 valence electrons. The van der Waals surface area contributed by atoms with Gasteiger partial charge in [-0.25, -0.2) is 0 Å². The average Bonchev–Trinajstić information content (AvgIpc) is 2.39. The Morgan fingerprint density at radius 1 is 1.29 bits per heavy atom. The number of piperidine rings is 1. The molecular weight excluding hydrogens is 214 g/mol. The molecule has 3 heteroatoms. The van der Waals surface area contributed by atoms with Gasteiger partial charge in [-0.05, 0) is 31.7 Å². The molecule has 1 saturated heterocycles. The summed E-state index contributed by atoms with van der Waals surface area (Å²) < 4.78 is 4.79. The van der Waals surface area contributed by atoms with Crippen LogP contribution in [0.3, 0.4) is 0 Å². The van der Waals surface area contributed by atoms with E-state index in [0.717, 1.165) is 19.3 Å². The predicted molar refractivity (Wildman–Crippen MR) is 66.7 cm³/mol.